The van der Waals surface area contributed by atoms with Crippen LogP contribution in [-0.4, -0.2) is 48.2 Å². The Morgan fingerprint density at radius 1 is 1.44 bits per heavy atom. The maximum absolute atomic E-state index is 12.1. The molecule has 0 aromatic carbocycles. The molecule has 0 atom stereocenters. The Morgan fingerprint density at radius 3 is 2.88 bits per heavy atom. The highest BCUT2D eigenvalue weighted by atomic mass is 32.2. The molecule has 16 heavy (non-hydrogen) atoms. The zero-order valence-corrected chi connectivity index (χ0v) is 10.1. The second-order valence-electron chi connectivity index (χ2n) is 3.61. The van der Waals surface area contributed by atoms with Gasteiger partial charge in [-0.3, -0.25) is 4.79 Å². The Labute approximate surface area is 99.4 Å². The fourth-order valence-electron chi connectivity index (χ4n) is 1.68. The minimum absolute atomic E-state index is 0.0393. The van der Waals surface area contributed by atoms with Gasteiger partial charge in [0, 0.05) is 26.2 Å². The van der Waals surface area contributed by atoms with Crippen molar-refractivity contribution in [3.8, 4) is 0 Å². The number of carbonyl (C=O) groups excluding carboxylic acids is 1. The van der Waals surface area contributed by atoms with E-state index in [4.69, 9.17) is 0 Å². The summed E-state index contributed by atoms with van der Waals surface area (Å²) in [6, 6.07) is 5.58. The van der Waals surface area contributed by atoms with Crippen molar-refractivity contribution in [3.63, 3.8) is 0 Å². The average Bonchev–Trinajstić information content (AvgIpc) is 2.39. The van der Waals surface area contributed by atoms with Crippen molar-refractivity contribution in [2.75, 3.05) is 32.4 Å². The molecular formula is C11H15N3OS. The first-order chi connectivity index (χ1) is 7.81. The van der Waals surface area contributed by atoms with Gasteiger partial charge in [0.1, 0.15) is 5.69 Å². The van der Waals surface area contributed by atoms with Crippen molar-refractivity contribution in [3.05, 3.63) is 23.9 Å². The number of rotatable bonds is 2. The molecule has 1 aliphatic heterocycles. The van der Waals surface area contributed by atoms with E-state index in [1.165, 1.54) is 0 Å². The van der Waals surface area contributed by atoms with Crippen LogP contribution in [0.25, 0.3) is 0 Å². The Hall–Kier alpha value is -1.07. The number of nitrogens with one attached hydrogen (secondary N) is 1. The molecule has 1 fully saturated rings. The van der Waals surface area contributed by atoms with Crippen LogP contribution in [0.2, 0.25) is 0 Å². The molecule has 0 aliphatic carbocycles. The summed E-state index contributed by atoms with van der Waals surface area (Å²) < 4.78 is 0. The number of nitrogens with zero attached hydrogens (tertiary/aromatic N) is 2. The van der Waals surface area contributed by atoms with E-state index in [2.05, 4.69) is 10.3 Å². The van der Waals surface area contributed by atoms with Gasteiger partial charge in [0.25, 0.3) is 5.91 Å². The van der Waals surface area contributed by atoms with Crippen molar-refractivity contribution in [2.24, 2.45) is 0 Å². The van der Waals surface area contributed by atoms with E-state index < -0.39 is 0 Å². The third-order valence-corrected chi connectivity index (χ3v) is 3.20. The van der Waals surface area contributed by atoms with Crippen LogP contribution in [0.4, 0.5) is 0 Å². The summed E-state index contributed by atoms with van der Waals surface area (Å²) >= 11 is 1.55. The van der Waals surface area contributed by atoms with Gasteiger partial charge in [-0.1, -0.05) is 6.07 Å². The van der Waals surface area contributed by atoms with Crippen LogP contribution < -0.4 is 5.32 Å². The van der Waals surface area contributed by atoms with E-state index in [0.717, 1.165) is 31.2 Å². The van der Waals surface area contributed by atoms with Crippen LogP contribution in [0.5, 0.6) is 0 Å². The normalized spacial score (nSPS) is 16.2. The topological polar surface area (TPSA) is 45.2 Å². The highest BCUT2D eigenvalue weighted by Crippen LogP contribution is 2.12. The van der Waals surface area contributed by atoms with Crippen LogP contribution in [0.1, 0.15) is 10.5 Å². The second kappa shape index (κ2) is 5.32. The third-order valence-electron chi connectivity index (χ3n) is 2.56. The Kier molecular flexibility index (Phi) is 3.79. The number of carbonyl (C=O) groups is 1. The lowest BCUT2D eigenvalue weighted by atomic mass is 10.3. The summed E-state index contributed by atoms with van der Waals surface area (Å²) in [7, 11) is 0. The standard InChI is InChI=1S/C11H15N3OS/c1-16-10-4-2-3-9(13-10)11(15)14-7-5-12-6-8-14/h2-4,12H,5-8H2,1H3. The van der Waals surface area contributed by atoms with E-state index >= 15 is 0 Å². The summed E-state index contributed by atoms with van der Waals surface area (Å²) in [5.41, 5.74) is 0.550. The molecule has 1 aromatic heterocycles. The molecule has 2 heterocycles. The zero-order valence-electron chi connectivity index (χ0n) is 9.27. The molecule has 1 aliphatic rings. The van der Waals surface area contributed by atoms with Crippen molar-refractivity contribution >= 4 is 17.7 Å². The Morgan fingerprint density at radius 2 is 2.19 bits per heavy atom. The quantitative estimate of drug-likeness (QED) is 0.775. The Balaban J connectivity index is 2.12. The fourth-order valence-corrected chi connectivity index (χ4v) is 2.08. The molecule has 1 N–H and O–H groups in total. The number of aromatic nitrogens is 1. The molecule has 2 rings (SSSR count). The first kappa shape index (κ1) is 11.4. The van der Waals surface area contributed by atoms with Gasteiger partial charge >= 0.3 is 0 Å². The molecule has 1 amide bonds. The number of thioether (sulfide) groups is 1. The van der Waals surface area contributed by atoms with Crippen molar-refractivity contribution < 1.29 is 4.79 Å². The summed E-state index contributed by atoms with van der Waals surface area (Å²) in [5.74, 6) is 0.0393. The lowest BCUT2D eigenvalue weighted by Crippen LogP contribution is -2.46. The van der Waals surface area contributed by atoms with Crippen LogP contribution in [0.15, 0.2) is 23.2 Å². The SMILES string of the molecule is CSc1cccc(C(=O)N2CCNCC2)n1. The molecule has 5 heteroatoms. The van der Waals surface area contributed by atoms with Crippen LogP contribution in [0.3, 0.4) is 0 Å². The van der Waals surface area contributed by atoms with E-state index in [0.29, 0.717) is 5.69 Å². The highest BCUT2D eigenvalue weighted by molar-refractivity contribution is 7.98. The minimum atomic E-state index is 0.0393. The van der Waals surface area contributed by atoms with E-state index in [-0.39, 0.29) is 5.91 Å². The minimum Gasteiger partial charge on any atom is -0.335 e. The largest absolute Gasteiger partial charge is 0.335 e. The molecule has 0 radical (unpaired) electrons. The molecule has 0 unspecified atom stereocenters. The summed E-state index contributed by atoms with van der Waals surface area (Å²) in [4.78, 5) is 18.3. The van der Waals surface area contributed by atoms with Gasteiger partial charge in [0.2, 0.25) is 0 Å². The van der Waals surface area contributed by atoms with Crippen molar-refractivity contribution in [1.29, 1.82) is 0 Å². The van der Waals surface area contributed by atoms with Crippen LogP contribution in [0, 0.1) is 0 Å². The highest BCUT2D eigenvalue weighted by Gasteiger charge is 2.18. The summed E-state index contributed by atoms with van der Waals surface area (Å²) in [5, 5.41) is 4.11. The number of hydrogen-bond acceptors (Lipinski definition) is 4. The van der Waals surface area contributed by atoms with Crippen molar-refractivity contribution in [2.45, 2.75) is 5.03 Å². The molecule has 0 saturated carbocycles. The molecule has 4 nitrogen and oxygen atoms in total. The van der Waals surface area contributed by atoms with Gasteiger partial charge in [-0.2, -0.15) is 0 Å². The first-order valence-electron chi connectivity index (χ1n) is 5.32. The van der Waals surface area contributed by atoms with Gasteiger partial charge in [0.15, 0.2) is 0 Å². The molecule has 86 valence electrons. The lowest BCUT2D eigenvalue weighted by molar-refractivity contribution is 0.0729. The maximum atomic E-state index is 12.1. The van der Waals surface area contributed by atoms with Gasteiger partial charge < -0.3 is 10.2 Å². The van der Waals surface area contributed by atoms with Gasteiger partial charge in [-0.25, -0.2) is 4.98 Å². The van der Waals surface area contributed by atoms with E-state index in [9.17, 15) is 4.79 Å². The molecular weight excluding hydrogens is 222 g/mol. The molecule has 0 bridgehead atoms. The van der Waals surface area contributed by atoms with E-state index in [1.807, 2.05) is 23.3 Å². The molecule has 1 saturated heterocycles. The van der Waals surface area contributed by atoms with Gasteiger partial charge in [-0.05, 0) is 18.4 Å². The number of amides is 1. The number of piperazine rings is 1. The summed E-state index contributed by atoms with van der Waals surface area (Å²) in [6.07, 6.45) is 1.96. The smallest absolute Gasteiger partial charge is 0.272 e. The first-order valence-corrected chi connectivity index (χ1v) is 6.55. The van der Waals surface area contributed by atoms with Crippen LogP contribution >= 0.6 is 11.8 Å². The summed E-state index contributed by atoms with van der Waals surface area (Å²) in [6.45, 7) is 3.27. The molecule has 0 spiro atoms. The average molecular weight is 237 g/mol. The van der Waals surface area contributed by atoms with Crippen LogP contribution in [-0.2, 0) is 0 Å². The maximum Gasteiger partial charge on any atom is 0.272 e. The fraction of sp³-hybridized carbons (Fsp3) is 0.455. The van der Waals surface area contributed by atoms with Gasteiger partial charge in [-0.15, -0.1) is 11.8 Å². The predicted molar refractivity (Wildman–Crippen MR) is 64.8 cm³/mol. The predicted octanol–water partition coefficient (Wildman–Crippen LogP) is 0.849. The van der Waals surface area contributed by atoms with Crippen molar-refractivity contribution in [1.82, 2.24) is 15.2 Å². The lowest BCUT2D eigenvalue weighted by Gasteiger charge is -2.27. The van der Waals surface area contributed by atoms with Gasteiger partial charge in [0.05, 0.1) is 5.03 Å². The number of hydrogen-bond donors (Lipinski definition) is 1. The zero-order chi connectivity index (χ0) is 11.4. The monoisotopic (exact) mass is 237 g/mol. The van der Waals surface area contributed by atoms with E-state index in [1.54, 1.807) is 17.8 Å². The molecule has 1 aromatic rings. The third kappa shape index (κ3) is 2.54. The Bertz CT molecular complexity index is 377. The number of pyridine rings is 1. The second-order valence-corrected chi connectivity index (χ2v) is 4.43.